The first-order chi connectivity index (χ1) is 23.8. The SMILES string of the molecule is c1ccc(-c2ccc(-c3ccc(-c4nc(-c5ccccc5)nc(-c5cc(-c6cccnc6)cc(-c6cccnc6)c5)n4)cc3)cc2)cc1. The summed E-state index contributed by atoms with van der Waals surface area (Å²) in [5, 5.41) is 0. The second-order valence-electron chi connectivity index (χ2n) is 11.5. The van der Waals surface area contributed by atoms with Crippen molar-refractivity contribution in [1.29, 1.82) is 0 Å². The molecule has 0 unspecified atom stereocenters. The maximum atomic E-state index is 5.06. The van der Waals surface area contributed by atoms with Gasteiger partial charge in [0.05, 0.1) is 0 Å². The Kier molecular flexibility index (Phi) is 7.83. The Bertz CT molecular complexity index is 2230. The molecular formula is C43H29N5. The smallest absolute Gasteiger partial charge is 0.164 e. The fourth-order valence-electron chi connectivity index (χ4n) is 5.80. The van der Waals surface area contributed by atoms with E-state index in [0.29, 0.717) is 17.5 Å². The van der Waals surface area contributed by atoms with Gasteiger partial charge in [0, 0.05) is 52.6 Å². The largest absolute Gasteiger partial charge is 0.264 e. The van der Waals surface area contributed by atoms with Crippen LogP contribution in [0, 0.1) is 0 Å². The van der Waals surface area contributed by atoms with E-state index in [-0.39, 0.29) is 0 Å². The summed E-state index contributed by atoms with van der Waals surface area (Å²) < 4.78 is 0. The van der Waals surface area contributed by atoms with Crippen molar-refractivity contribution in [2.45, 2.75) is 0 Å². The van der Waals surface area contributed by atoms with Gasteiger partial charge in [-0.3, -0.25) is 9.97 Å². The lowest BCUT2D eigenvalue weighted by atomic mass is 9.97. The highest BCUT2D eigenvalue weighted by molar-refractivity contribution is 5.80. The van der Waals surface area contributed by atoms with Gasteiger partial charge in [-0.05, 0) is 63.7 Å². The van der Waals surface area contributed by atoms with E-state index in [1.54, 1.807) is 12.4 Å². The second-order valence-corrected chi connectivity index (χ2v) is 11.5. The highest BCUT2D eigenvalue weighted by atomic mass is 15.0. The summed E-state index contributed by atoms with van der Waals surface area (Å²) in [5.74, 6) is 1.82. The normalized spacial score (nSPS) is 10.9. The number of hydrogen-bond donors (Lipinski definition) is 0. The Balaban J connectivity index is 1.21. The van der Waals surface area contributed by atoms with Crippen LogP contribution in [-0.2, 0) is 0 Å². The Morgan fingerprint density at radius 1 is 0.250 bits per heavy atom. The molecule has 0 radical (unpaired) electrons. The van der Waals surface area contributed by atoms with E-state index in [0.717, 1.165) is 50.1 Å². The van der Waals surface area contributed by atoms with Crippen LogP contribution in [-0.4, -0.2) is 24.9 Å². The molecule has 3 aromatic heterocycles. The van der Waals surface area contributed by atoms with Crippen molar-refractivity contribution in [1.82, 2.24) is 24.9 Å². The molecule has 48 heavy (non-hydrogen) atoms. The van der Waals surface area contributed by atoms with Gasteiger partial charge in [-0.25, -0.2) is 15.0 Å². The zero-order valence-corrected chi connectivity index (χ0v) is 26.0. The van der Waals surface area contributed by atoms with Crippen LogP contribution in [0.5, 0.6) is 0 Å². The number of pyridine rings is 2. The molecule has 3 heterocycles. The summed E-state index contributed by atoms with van der Waals surface area (Å²) in [4.78, 5) is 23.8. The summed E-state index contributed by atoms with van der Waals surface area (Å²) in [6, 6.07) is 52.0. The van der Waals surface area contributed by atoms with Gasteiger partial charge in [0.15, 0.2) is 17.5 Å². The molecule has 0 spiro atoms. The molecule has 0 amide bonds. The van der Waals surface area contributed by atoms with Gasteiger partial charge in [-0.15, -0.1) is 0 Å². The van der Waals surface area contributed by atoms with Crippen LogP contribution >= 0.6 is 0 Å². The molecule has 0 aliphatic rings. The summed E-state index contributed by atoms with van der Waals surface area (Å²) in [6.45, 7) is 0. The third kappa shape index (κ3) is 6.13. The van der Waals surface area contributed by atoms with E-state index in [2.05, 4.69) is 113 Å². The quantitative estimate of drug-likeness (QED) is 0.178. The molecule has 0 fully saturated rings. The van der Waals surface area contributed by atoms with Crippen molar-refractivity contribution < 1.29 is 0 Å². The van der Waals surface area contributed by atoms with E-state index in [9.17, 15) is 0 Å². The molecule has 0 bridgehead atoms. The van der Waals surface area contributed by atoms with E-state index >= 15 is 0 Å². The molecule has 0 atom stereocenters. The minimum Gasteiger partial charge on any atom is -0.264 e. The minimum atomic E-state index is 0.593. The number of nitrogens with zero attached hydrogens (tertiary/aromatic N) is 5. The molecule has 8 rings (SSSR count). The summed E-state index contributed by atoms with van der Waals surface area (Å²) in [7, 11) is 0. The van der Waals surface area contributed by atoms with Crippen LogP contribution in [0.4, 0.5) is 0 Å². The van der Waals surface area contributed by atoms with E-state index < -0.39 is 0 Å². The molecule has 0 aliphatic carbocycles. The molecule has 226 valence electrons. The summed E-state index contributed by atoms with van der Waals surface area (Å²) in [6.07, 6.45) is 7.31. The van der Waals surface area contributed by atoms with Gasteiger partial charge < -0.3 is 0 Å². The molecule has 5 aromatic carbocycles. The zero-order valence-electron chi connectivity index (χ0n) is 26.0. The van der Waals surface area contributed by atoms with Crippen LogP contribution in [0.2, 0.25) is 0 Å². The Labute approximate surface area is 279 Å². The van der Waals surface area contributed by atoms with Gasteiger partial charge in [-0.1, -0.05) is 121 Å². The monoisotopic (exact) mass is 615 g/mol. The molecule has 0 saturated heterocycles. The van der Waals surface area contributed by atoms with Crippen LogP contribution in [0.3, 0.4) is 0 Å². The van der Waals surface area contributed by atoms with Gasteiger partial charge in [0.2, 0.25) is 0 Å². The van der Waals surface area contributed by atoms with Gasteiger partial charge in [0.1, 0.15) is 0 Å². The first-order valence-electron chi connectivity index (χ1n) is 15.8. The highest BCUT2D eigenvalue weighted by Gasteiger charge is 2.15. The third-order valence-corrected chi connectivity index (χ3v) is 8.32. The molecule has 0 saturated carbocycles. The molecule has 0 N–H and O–H groups in total. The van der Waals surface area contributed by atoms with Crippen molar-refractivity contribution >= 4 is 0 Å². The van der Waals surface area contributed by atoms with Crippen LogP contribution in [0.1, 0.15) is 0 Å². The van der Waals surface area contributed by atoms with Crippen molar-refractivity contribution in [3.63, 3.8) is 0 Å². The van der Waals surface area contributed by atoms with Crippen LogP contribution < -0.4 is 0 Å². The fraction of sp³-hybridized carbons (Fsp3) is 0. The minimum absolute atomic E-state index is 0.593. The first kappa shape index (κ1) is 28.9. The summed E-state index contributed by atoms with van der Waals surface area (Å²) >= 11 is 0. The van der Waals surface area contributed by atoms with Crippen molar-refractivity contribution in [3.8, 4) is 78.7 Å². The van der Waals surface area contributed by atoms with Gasteiger partial charge in [-0.2, -0.15) is 0 Å². The predicted molar refractivity (Wildman–Crippen MR) is 193 cm³/mol. The van der Waals surface area contributed by atoms with E-state index in [4.69, 9.17) is 15.0 Å². The Morgan fingerprint density at radius 2 is 0.583 bits per heavy atom. The lowest BCUT2D eigenvalue weighted by Gasteiger charge is -2.12. The van der Waals surface area contributed by atoms with Crippen molar-refractivity contribution in [2.24, 2.45) is 0 Å². The standard InChI is InChI=1S/C43H29N5/c1-3-9-30(10-4-1)31-15-17-32(18-16-31)33-19-21-35(22-20-33)42-46-41(34-11-5-2-6-12-34)47-43(48-42)40-26-38(36-13-7-23-44-28-36)25-39(27-40)37-14-8-24-45-29-37/h1-29H. The topological polar surface area (TPSA) is 64.5 Å². The van der Waals surface area contributed by atoms with Crippen LogP contribution in [0.25, 0.3) is 78.7 Å². The molecule has 0 aliphatic heterocycles. The second kappa shape index (κ2) is 13.0. The van der Waals surface area contributed by atoms with Crippen LogP contribution in [0.15, 0.2) is 176 Å². The molecule has 8 aromatic rings. The zero-order chi connectivity index (χ0) is 32.1. The Morgan fingerprint density at radius 3 is 1.02 bits per heavy atom. The lowest BCUT2D eigenvalue weighted by Crippen LogP contribution is -2.00. The maximum Gasteiger partial charge on any atom is 0.164 e. The fourth-order valence-corrected chi connectivity index (χ4v) is 5.80. The van der Waals surface area contributed by atoms with Gasteiger partial charge in [0.25, 0.3) is 0 Å². The number of rotatable bonds is 7. The van der Waals surface area contributed by atoms with Crippen molar-refractivity contribution in [3.05, 3.63) is 176 Å². The highest BCUT2D eigenvalue weighted by Crippen LogP contribution is 2.33. The first-order valence-corrected chi connectivity index (χ1v) is 15.8. The number of aromatic nitrogens is 5. The molecule has 5 heteroatoms. The summed E-state index contributed by atoms with van der Waals surface area (Å²) in [5.41, 5.74) is 11.5. The predicted octanol–water partition coefficient (Wildman–Crippen LogP) is 10.3. The van der Waals surface area contributed by atoms with E-state index in [1.807, 2.05) is 60.9 Å². The average Bonchev–Trinajstić information content (AvgIpc) is 3.19. The molecular weight excluding hydrogens is 587 g/mol. The maximum absolute atomic E-state index is 5.06. The average molecular weight is 616 g/mol. The van der Waals surface area contributed by atoms with E-state index in [1.165, 1.54) is 11.1 Å². The third-order valence-electron chi connectivity index (χ3n) is 8.32. The van der Waals surface area contributed by atoms with Crippen molar-refractivity contribution in [2.75, 3.05) is 0 Å². The molecule has 5 nitrogen and oxygen atoms in total. The van der Waals surface area contributed by atoms with Gasteiger partial charge >= 0.3 is 0 Å². The number of hydrogen-bond acceptors (Lipinski definition) is 5. The number of benzene rings is 5. The Hall–Kier alpha value is -6.59. The lowest BCUT2D eigenvalue weighted by molar-refractivity contribution is 1.07.